The molecule has 4 aliphatic carbocycles. The molecule has 1 nitrogen and oxygen atoms in total. The van der Waals surface area contributed by atoms with Crippen molar-refractivity contribution in [3.8, 4) is 0 Å². The van der Waals surface area contributed by atoms with Gasteiger partial charge in [-0.3, -0.25) is 0 Å². The molecule has 29 heavy (non-hydrogen) atoms. The summed E-state index contributed by atoms with van der Waals surface area (Å²) in [5.41, 5.74) is 1.00. The number of hydrogen-bond acceptors (Lipinski definition) is 1. The number of rotatable bonds is 5. The van der Waals surface area contributed by atoms with E-state index in [0.29, 0.717) is 22.7 Å². The first-order valence-electron chi connectivity index (χ1n) is 13.4. The van der Waals surface area contributed by atoms with Crippen molar-refractivity contribution in [1.82, 2.24) is 0 Å². The Hall–Kier alpha value is -0.0400. The summed E-state index contributed by atoms with van der Waals surface area (Å²) in [6, 6.07) is 0. The molecule has 0 bridgehead atoms. The molecule has 0 aromatic rings. The van der Waals surface area contributed by atoms with Crippen LogP contribution >= 0.6 is 0 Å². The van der Waals surface area contributed by atoms with Crippen molar-refractivity contribution in [3.05, 3.63) is 0 Å². The van der Waals surface area contributed by atoms with Crippen LogP contribution in [0.4, 0.5) is 0 Å². The molecule has 0 aromatic heterocycles. The predicted octanol–water partition coefficient (Wildman–Crippen LogP) is 7.71. The van der Waals surface area contributed by atoms with Crippen LogP contribution < -0.4 is 0 Å². The Labute approximate surface area is 181 Å². The lowest BCUT2D eigenvalue weighted by molar-refractivity contribution is -0.115. The fourth-order valence-electron chi connectivity index (χ4n) is 9.41. The van der Waals surface area contributed by atoms with E-state index in [1.165, 1.54) is 64.2 Å². The molecule has 0 spiro atoms. The highest BCUT2D eigenvalue weighted by molar-refractivity contribution is 5.11. The normalized spacial score (nSPS) is 49.2. The van der Waals surface area contributed by atoms with Gasteiger partial charge in [-0.15, -0.1) is 0 Å². The zero-order valence-electron chi connectivity index (χ0n) is 20.4. The molecule has 3 unspecified atom stereocenters. The standard InChI is InChI=1S/C28H50O/c1-18(2)19(3)10-11-20(4)26-25(29)17-24-22-13-12-21-9-7-8-15-27(21,5)23(22)14-16-28(24,26)6/h18-26,29H,7-17H2,1-6H3/t19?,20-,21?,22-,23+,24+,25?,26+,27+,28+/m1/s1. The number of hydrogen-bond donors (Lipinski definition) is 1. The number of aliphatic hydroxyl groups is 1. The first-order chi connectivity index (χ1) is 13.7. The van der Waals surface area contributed by atoms with Gasteiger partial charge in [0, 0.05) is 0 Å². The molecule has 4 aliphatic rings. The van der Waals surface area contributed by atoms with Crippen LogP contribution in [0.15, 0.2) is 0 Å². The maximum absolute atomic E-state index is 11.3. The Morgan fingerprint density at radius 2 is 1.59 bits per heavy atom. The molecule has 10 atom stereocenters. The lowest BCUT2D eigenvalue weighted by Crippen LogP contribution is -2.53. The van der Waals surface area contributed by atoms with Crippen LogP contribution in [0.3, 0.4) is 0 Å². The predicted molar refractivity (Wildman–Crippen MR) is 124 cm³/mol. The molecule has 168 valence electrons. The minimum absolute atomic E-state index is 0.0509. The zero-order chi connectivity index (χ0) is 21.0. The van der Waals surface area contributed by atoms with Crippen LogP contribution in [0.25, 0.3) is 0 Å². The van der Waals surface area contributed by atoms with Gasteiger partial charge in [-0.1, -0.05) is 67.2 Å². The van der Waals surface area contributed by atoms with E-state index in [0.717, 1.165) is 41.9 Å². The summed E-state index contributed by atoms with van der Waals surface area (Å²) in [4.78, 5) is 0. The highest BCUT2D eigenvalue weighted by atomic mass is 16.3. The second kappa shape index (κ2) is 8.14. The van der Waals surface area contributed by atoms with Crippen LogP contribution in [0.1, 0.15) is 112 Å². The van der Waals surface area contributed by atoms with Crippen LogP contribution in [0, 0.1) is 58.2 Å². The molecule has 0 heterocycles. The van der Waals surface area contributed by atoms with Crippen LogP contribution in [-0.2, 0) is 0 Å². The van der Waals surface area contributed by atoms with E-state index in [-0.39, 0.29) is 6.10 Å². The largest absolute Gasteiger partial charge is 0.393 e. The van der Waals surface area contributed by atoms with Crippen molar-refractivity contribution < 1.29 is 5.11 Å². The van der Waals surface area contributed by atoms with Crippen molar-refractivity contribution in [2.45, 2.75) is 118 Å². The fourth-order valence-corrected chi connectivity index (χ4v) is 9.41. The first kappa shape index (κ1) is 22.2. The zero-order valence-corrected chi connectivity index (χ0v) is 20.4. The Balaban J connectivity index is 1.50. The molecule has 4 saturated carbocycles. The topological polar surface area (TPSA) is 20.2 Å². The summed E-state index contributed by atoms with van der Waals surface area (Å²) in [5, 5.41) is 11.3. The average Bonchev–Trinajstić information content (AvgIpc) is 2.95. The molecule has 1 N–H and O–H groups in total. The minimum Gasteiger partial charge on any atom is -0.393 e. The number of fused-ring (bicyclic) bond motifs is 5. The molecule has 0 saturated heterocycles. The molecule has 4 rings (SSSR count). The van der Waals surface area contributed by atoms with Gasteiger partial charge < -0.3 is 5.11 Å². The smallest absolute Gasteiger partial charge is 0.0579 e. The van der Waals surface area contributed by atoms with E-state index in [2.05, 4.69) is 41.5 Å². The highest BCUT2D eigenvalue weighted by Gasteiger charge is 2.62. The summed E-state index contributed by atoms with van der Waals surface area (Å²) in [5.74, 6) is 6.41. The Bertz CT molecular complexity index is 569. The second-order valence-electron chi connectivity index (χ2n) is 13.1. The van der Waals surface area contributed by atoms with Gasteiger partial charge in [0.1, 0.15) is 0 Å². The Morgan fingerprint density at radius 1 is 0.828 bits per heavy atom. The fraction of sp³-hybridized carbons (Fsp3) is 1.00. The van der Waals surface area contributed by atoms with Crippen molar-refractivity contribution in [1.29, 1.82) is 0 Å². The van der Waals surface area contributed by atoms with Crippen molar-refractivity contribution in [2.24, 2.45) is 58.2 Å². The van der Waals surface area contributed by atoms with Gasteiger partial charge >= 0.3 is 0 Å². The van der Waals surface area contributed by atoms with E-state index >= 15 is 0 Å². The molecule has 1 heteroatoms. The molecule has 0 amide bonds. The summed E-state index contributed by atoms with van der Waals surface area (Å²) < 4.78 is 0. The second-order valence-corrected chi connectivity index (χ2v) is 13.1. The van der Waals surface area contributed by atoms with E-state index in [1.54, 1.807) is 0 Å². The minimum atomic E-state index is -0.0509. The molecule has 0 radical (unpaired) electrons. The van der Waals surface area contributed by atoms with Crippen molar-refractivity contribution >= 4 is 0 Å². The average molecular weight is 403 g/mol. The van der Waals surface area contributed by atoms with E-state index < -0.39 is 0 Å². The van der Waals surface area contributed by atoms with Crippen molar-refractivity contribution in [3.63, 3.8) is 0 Å². The summed E-state index contributed by atoms with van der Waals surface area (Å²) >= 11 is 0. The lowest BCUT2D eigenvalue weighted by atomic mass is 9.44. The molecular formula is C28H50O. The molecule has 4 fully saturated rings. The van der Waals surface area contributed by atoms with Gasteiger partial charge in [0.05, 0.1) is 6.10 Å². The van der Waals surface area contributed by atoms with Gasteiger partial charge in [0.2, 0.25) is 0 Å². The van der Waals surface area contributed by atoms with Crippen molar-refractivity contribution in [2.75, 3.05) is 0 Å². The Kier molecular flexibility index (Phi) is 6.22. The maximum atomic E-state index is 11.3. The quantitative estimate of drug-likeness (QED) is 0.499. The summed E-state index contributed by atoms with van der Waals surface area (Å²) in [6.45, 7) is 14.9. The third kappa shape index (κ3) is 3.64. The first-order valence-corrected chi connectivity index (χ1v) is 13.4. The number of aliphatic hydroxyl groups excluding tert-OH is 1. The molecule has 0 aromatic carbocycles. The van der Waals surface area contributed by atoms with E-state index in [9.17, 15) is 5.11 Å². The van der Waals surface area contributed by atoms with Gasteiger partial charge in [-0.2, -0.15) is 0 Å². The van der Waals surface area contributed by atoms with Crippen LogP contribution in [0.5, 0.6) is 0 Å². The third-order valence-corrected chi connectivity index (χ3v) is 11.5. The third-order valence-electron chi connectivity index (χ3n) is 11.5. The van der Waals surface area contributed by atoms with Gasteiger partial charge in [0.25, 0.3) is 0 Å². The monoisotopic (exact) mass is 402 g/mol. The van der Waals surface area contributed by atoms with Gasteiger partial charge in [0.15, 0.2) is 0 Å². The maximum Gasteiger partial charge on any atom is 0.0579 e. The Morgan fingerprint density at radius 3 is 2.31 bits per heavy atom. The summed E-state index contributed by atoms with van der Waals surface area (Å²) in [6.07, 6.45) is 15.4. The highest BCUT2D eigenvalue weighted by Crippen LogP contribution is 2.68. The molecular weight excluding hydrogens is 352 g/mol. The SMILES string of the molecule is CC(C)C(C)CC[C@@H](C)[C@H]1C(O)C[C@H]2[C@@H]3CCC4CCCC[C@]4(C)[C@H]3CC[C@]12C. The van der Waals surface area contributed by atoms with Crippen LogP contribution in [0.2, 0.25) is 0 Å². The van der Waals surface area contributed by atoms with E-state index in [1.807, 2.05) is 0 Å². The van der Waals surface area contributed by atoms with Crippen LogP contribution in [-0.4, -0.2) is 11.2 Å². The van der Waals surface area contributed by atoms with Gasteiger partial charge in [-0.05, 0) is 103 Å². The lowest BCUT2D eigenvalue weighted by Gasteiger charge is -2.60. The van der Waals surface area contributed by atoms with Gasteiger partial charge in [-0.25, -0.2) is 0 Å². The van der Waals surface area contributed by atoms with E-state index in [4.69, 9.17) is 0 Å². The summed E-state index contributed by atoms with van der Waals surface area (Å²) in [7, 11) is 0. The molecule has 0 aliphatic heterocycles.